The van der Waals surface area contributed by atoms with Crippen molar-refractivity contribution < 1.29 is 32.2 Å². The summed E-state index contributed by atoms with van der Waals surface area (Å²) in [6.07, 6.45) is -4.64. The van der Waals surface area contributed by atoms with Gasteiger partial charge >= 0.3 is 6.18 Å². The number of methoxy groups -OCH3 is 1. The van der Waals surface area contributed by atoms with E-state index in [-0.39, 0.29) is 47.5 Å². The van der Waals surface area contributed by atoms with Gasteiger partial charge in [0.2, 0.25) is 5.89 Å². The van der Waals surface area contributed by atoms with Gasteiger partial charge in [-0.25, -0.2) is 9.97 Å². The Hall–Kier alpha value is -4.12. The number of pyridine rings is 1. The Bertz CT molecular complexity index is 1400. The molecule has 1 amide bonds. The first-order valence-electron chi connectivity index (χ1n) is 10.4. The fourth-order valence-electron chi connectivity index (χ4n) is 3.63. The van der Waals surface area contributed by atoms with Crippen molar-refractivity contribution in [1.82, 2.24) is 14.9 Å². The number of oxazole rings is 1. The number of phenols is 1. The molecule has 4 rings (SSSR count). The normalized spacial score (nSPS) is 11.6. The number of phenolic OH excluding ortho intramolecular Hbond substituents is 1. The summed E-state index contributed by atoms with van der Waals surface area (Å²) in [7, 11) is 2.86. The zero-order valence-electron chi connectivity index (χ0n) is 18.8. The highest BCUT2D eigenvalue weighted by atomic mass is 19.4. The molecule has 2 aromatic heterocycles. The molecule has 35 heavy (non-hydrogen) atoms. The third-order valence-corrected chi connectivity index (χ3v) is 5.39. The number of aromatic nitrogens is 2. The fraction of sp³-hybridized carbons (Fsp3) is 0.208. The number of aromatic hydroxyl groups is 1. The zero-order valence-corrected chi connectivity index (χ0v) is 18.8. The number of nitrogens with two attached hydrogens (primary N) is 1. The van der Waals surface area contributed by atoms with Crippen molar-refractivity contribution in [2.45, 2.75) is 19.3 Å². The molecule has 0 saturated heterocycles. The first kappa shape index (κ1) is 24.0. The van der Waals surface area contributed by atoms with E-state index in [0.29, 0.717) is 16.5 Å². The highest BCUT2D eigenvalue weighted by molar-refractivity contribution is 5.98. The molecular weight excluding hydrogens is 465 g/mol. The van der Waals surface area contributed by atoms with Crippen LogP contribution >= 0.6 is 0 Å². The average Bonchev–Trinajstić information content (AvgIpc) is 3.27. The average molecular weight is 486 g/mol. The first-order chi connectivity index (χ1) is 16.6. The molecule has 3 N–H and O–H groups in total. The van der Waals surface area contributed by atoms with E-state index in [1.807, 2.05) is 0 Å². The van der Waals surface area contributed by atoms with Gasteiger partial charge in [-0.2, -0.15) is 13.2 Å². The molecule has 0 bridgehead atoms. The van der Waals surface area contributed by atoms with Gasteiger partial charge in [-0.05, 0) is 30.3 Å². The molecule has 0 aliphatic rings. The molecule has 8 nitrogen and oxygen atoms in total. The molecule has 2 aromatic carbocycles. The largest absolute Gasteiger partial charge is 0.508 e. The standard InChI is InChI=1S/C24H21F3N4O4/c1-31(12-13-5-3-4-6-16(13)32)23(33)21-18(11-28)35-22(30-21)15-7-9-17(34-2)20-14(15)8-10-19(29-20)24(25,26)27/h3-10,32H,11-12,28H2,1-2H3. The Morgan fingerprint density at radius 1 is 1.14 bits per heavy atom. The van der Waals surface area contributed by atoms with Crippen molar-refractivity contribution in [2.24, 2.45) is 5.73 Å². The van der Waals surface area contributed by atoms with E-state index in [0.717, 1.165) is 6.07 Å². The topological polar surface area (TPSA) is 115 Å². The fourth-order valence-corrected chi connectivity index (χ4v) is 3.63. The third-order valence-electron chi connectivity index (χ3n) is 5.39. The molecule has 0 fully saturated rings. The molecule has 182 valence electrons. The second-order valence-electron chi connectivity index (χ2n) is 7.69. The number of hydrogen-bond donors (Lipinski definition) is 2. The van der Waals surface area contributed by atoms with E-state index in [4.69, 9.17) is 14.9 Å². The van der Waals surface area contributed by atoms with Crippen LogP contribution in [0.15, 0.2) is 52.9 Å². The van der Waals surface area contributed by atoms with E-state index in [1.165, 1.54) is 37.3 Å². The smallest absolute Gasteiger partial charge is 0.433 e. The number of para-hydroxylation sites is 1. The van der Waals surface area contributed by atoms with Crippen LogP contribution in [0.1, 0.15) is 27.5 Å². The molecule has 0 atom stereocenters. The number of carbonyl (C=O) groups excluding carboxylic acids is 1. The van der Waals surface area contributed by atoms with E-state index in [1.54, 1.807) is 24.3 Å². The summed E-state index contributed by atoms with van der Waals surface area (Å²) in [4.78, 5) is 22.5. The summed E-state index contributed by atoms with van der Waals surface area (Å²) >= 11 is 0. The van der Waals surface area contributed by atoms with E-state index < -0.39 is 17.8 Å². The Morgan fingerprint density at radius 2 is 1.89 bits per heavy atom. The lowest BCUT2D eigenvalue weighted by atomic mass is 10.1. The maximum Gasteiger partial charge on any atom is 0.433 e. The molecule has 4 aromatic rings. The number of benzene rings is 2. The van der Waals surface area contributed by atoms with Crippen molar-refractivity contribution in [2.75, 3.05) is 14.2 Å². The second-order valence-corrected chi connectivity index (χ2v) is 7.69. The van der Waals surface area contributed by atoms with Crippen LogP contribution in [0.5, 0.6) is 11.5 Å². The molecule has 0 unspecified atom stereocenters. The van der Waals surface area contributed by atoms with Crippen LogP contribution in [-0.4, -0.2) is 40.0 Å². The highest BCUT2D eigenvalue weighted by Crippen LogP contribution is 2.37. The number of hydrogen-bond acceptors (Lipinski definition) is 7. The maximum absolute atomic E-state index is 13.2. The Morgan fingerprint density at radius 3 is 2.54 bits per heavy atom. The lowest BCUT2D eigenvalue weighted by Crippen LogP contribution is -2.27. The molecule has 11 heteroatoms. The minimum atomic E-state index is -4.64. The minimum Gasteiger partial charge on any atom is -0.508 e. The Labute approximate surface area is 197 Å². The number of alkyl halides is 3. The second kappa shape index (κ2) is 9.26. The number of halogens is 3. The lowest BCUT2D eigenvalue weighted by Gasteiger charge is -2.17. The van der Waals surface area contributed by atoms with E-state index in [2.05, 4.69) is 9.97 Å². The number of ether oxygens (including phenoxy) is 1. The summed E-state index contributed by atoms with van der Waals surface area (Å²) in [6, 6.07) is 11.7. The number of fused-ring (bicyclic) bond motifs is 1. The third kappa shape index (κ3) is 4.62. The van der Waals surface area contributed by atoms with Gasteiger partial charge in [-0.1, -0.05) is 18.2 Å². The van der Waals surface area contributed by atoms with Crippen LogP contribution in [0.4, 0.5) is 13.2 Å². The van der Waals surface area contributed by atoms with Crippen LogP contribution in [0.3, 0.4) is 0 Å². The number of rotatable bonds is 6. The monoisotopic (exact) mass is 486 g/mol. The molecule has 0 aliphatic carbocycles. The predicted molar refractivity (Wildman–Crippen MR) is 121 cm³/mol. The van der Waals surface area contributed by atoms with Gasteiger partial charge in [-0.3, -0.25) is 4.79 Å². The number of nitrogens with zero attached hydrogens (tertiary/aromatic N) is 3. The van der Waals surface area contributed by atoms with Gasteiger partial charge in [0.1, 0.15) is 22.7 Å². The Kier molecular flexibility index (Phi) is 6.35. The van der Waals surface area contributed by atoms with Crippen LogP contribution in [-0.2, 0) is 19.3 Å². The molecule has 0 aliphatic heterocycles. The lowest BCUT2D eigenvalue weighted by molar-refractivity contribution is -0.140. The summed E-state index contributed by atoms with van der Waals surface area (Å²) in [5, 5.41) is 10.3. The summed E-state index contributed by atoms with van der Waals surface area (Å²) in [5.74, 6) is -0.211. The summed E-state index contributed by atoms with van der Waals surface area (Å²) in [5.41, 5.74) is 5.50. The summed E-state index contributed by atoms with van der Waals surface area (Å²) < 4.78 is 50.6. The van der Waals surface area contributed by atoms with Crippen LogP contribution in [0, 0.1) is 0 Å². The van der Waals surface area contributed by atoms with Gasteiger partial charge < -0.3 is 24.9 Å². The molecule has 2 heterocycles. The SMILES string of the molecule is COc1ccc(-c2nc(C(=O)N(C)Cc3ccccc3O)c(CN)o2)c2ccc(C(F)(F)F)nc12. The van der Waals surface area contributed by atoms with Crippen molar-refractivity contribution in [1.29, 1.82) is 0 Å². The van der Waals surface area contributed by atoms with Crippen LogP contribution < -0.4 is 10.5 Å². The number of amides is 1. The summed E-state index contributed by atoms with van der Waals surface area (Å²) in [6.45, 7) is -0.0314. The van der Waals surface area contributed by atoms with Crippen LogP contribution in [0.2, 0.25) is 0 Å². The Balaban J connectivity index is 1.75. The van der Waals surface area contributed by atoms with Gasteiger partial charge in [0, 0.05) is 30.1 Å². The van der Waals surface area contributed by atoms with Crippen molar-refractivity contribution >= 4 is 16.8 Å². The minimum absolute atomic E-state index is 0.000954. The molecular formula is C24H21F3N4O4. The number of carbonyl (C=O) groups is 1. The highest BCUT2D eigenvalue weighted by Gasteiger charge is 2.33. The maximum atomic E-state index is 13.2. The predicted octanol–water partition coefficient (Wildman–Crippen LogP) is 4.35. The van der Waals surface area contributed by atoms with Gasteiger partial charge in [0.15, 0.2) is 11.5 Å². The van der Waals surface area contributed by atoms with Crippen molar-refractivity contribution in [3.05, 3.63) is 71.2 Å². The van der Waals surface area contributed by atoms with Gasteiger partial charge in [-0.15, -0.1) is 0 Å². The van der Waals surface area contributed by atoms with Crippen molar-refractivity contribution in [3.8, 4) is 23.0 Å². The van der Waals surface area contributed by atoms with Gasteiger partial charge in [0.05, 0.1) is 13.7 Å². The van der Waals surface area contributed by atoms with Crippen molar-refractivity contribution in [3.63, 3.8) is 0 Å². The van der Waals surface area contributed by atoms with Crippen LogP contribution in [0.25, 0.3) is 22.4 Å². The molecule has 0 radical (unpaired) electrons. The van der Waals surface area contributed by atoms with E-state index >= 15 is 0 Å². The quantitative estimate of drug-likeness (QED) is 0.416. The first-order valence-corrected chi connectivity index (χ1v) is 10.4. The molecule has 0 spiro atoms. The zero-order chi connectivity index (χ0) is 25.3. The molecule has 0 saturated carbocycles. The van der Waals surface area contributed by atoms with Gasteiger partial charge in [0.25, 0.3) is 5.91 Å². The van der Waals surface area contributed by atoms with E-state index in [9.17, 15) is 23.1 Å².